The lowest BCUT2D eigenvalue weighted by molar-refractivity contribution is -0.147. The van der Waals surface area contributed by atoms with Gasteiger partial charge in [-0.25, -0.2) is 0 Å². The summed E-state index contributed by atoms with van der Waals surface area (Å²) in [6.45, 7) is 0. The molecule has 2 aromatic heterocycles. The Balaban J connectivity index is 1.78. The SMILES string of the molecule is O=C1CCCC(=O)N1/N=C(\Cc1ccnc2ccccc12)c1ccccn1. The maximum Gasteiger partial charge on any atom is 0.249 e. The Morgan fingerprint density at radius 2 is 1.70 bits per heavy atom. The van der Waals surface area contributed by atoms with E-state index in [4.69, 9.17) is 0 Å². The summed E-state index contributed by atoms with van der Waals surface area (Å²) in [5.41, 5.74) is 3.13. The van der Waals surface area contributed by atoms with Crippen molar-refractivity contribution in [2.24, 2.45) is 5.10 Å². The van der Waals surface area contributed by atoms with Crippen molar-refractivity contribution in [3.63, 3.8) is 0 Å². The van der Waals surface area contributed by atoms with Gasteiger partial charge in [-0.1, -0.05) is 24.3 Å². The van der Waals surface area contributed by atoms with Crippen molar-refractivity contribution in [1.82, 2.24) is 15.0 Å². The van der Waals surface area contributed by atoms with Gasteiger partial charge >= 0.3 is 0 Å². The zero-order valence-electron chi connectivity index (χ0n) is 14.7. The number of pyridine rings is 2. The molecule has 0 saturated carbocycles. The van der Waals surface area contributed by atoms with Crippen LogP contribution in [0.1, 0.15) is 30.5 Å². The van der Waals surface area contributed by atoms with Crippen LogP contribution in [0.5, 0.6) is 0 Å². The van der Waals surface area contributed by atoms with Crippen LogP contribution in [-0.2, 0) is 16.0 Å². The quantitative estimate of drug-likeness (QED) is 0.530. The number of fused-ring (bicyclic) bond motifs is 1. The average Bonchev–Trinajstić information content (AvgIpc) is 2.71. The topological polar surface area (TPSA) is 75.5 Å². The van der Waals surface area contributed by atoms with Crippen molar-refractivity contribution in [3.8, 4) is 0 Å². The fourth-order valence-corrected chi connectivity index (χ4v) is 3.17. The monoisotopic (exact) mass is 358 g/mol. The van der Waals surface area contributed by atoms with E-state index in [-0.39, 0.29) is 11.8 Å². The van der Waals surface area contributed by atoms with Crippen molar-refractivity contribution in [3.05, 3.63) is 72.2 Å². The Labute approximate surface area is 156 Å². The van der Waals surface area contributed by atoms with Crippen LogP contribution in [0.25, 0.3) is 10.9 Å². The highest BCUT2D eigenvalue weighted by molar-refractivity contribution is 6.05. The van der Waals surface area contributed by atoms with Crippen LogP contribution < -0.4 is 0 Å². The number of carbonyl (C=O) groups excluding carboxylic acids is 2. The molecule has 0 radical (unpaired) electrons. The lowest BCUT2D eigenvalue weighted by atomic mass is 10.0. The van der Waals surface area contributed by atoms with Gasteiger partial charge in [0.2, 0.25) is 11.8 Å². The van der Waals surface area contributed by atoms with Gasteiger partial charge in [0.05, 0.1) is 16.9 Å². The number of amides is 2. The Morgan fingerprint density at radius 1 is 0.926 bits per heavy atom. The highest BCUT2D eigenvalue weighted by Crippen LogP contribution is 2.20. The largest absolute Gasteiger partial charge is 0.272 e. The standard InChI is InChI=1S/C21H18N4O2/c26-20-9-5-10-21(27)25(20)24-19(18-8-3-4-12-22-18)14-15-11-13-23-17-7-2-1-6-16(15)17/h1-4,6-8,11-13H,5,9-10,14H2/b24-19+. The maximum atomic E-state index is 12.2. The van der Waals surface area contributed by atoms with Gasteiger partial charge in [0, 0.05) is 37.0 Å². The summed E-state index contributed by atoms with van der Waals surface area (Å²) in [7, 11) is 0. The second kappa shape index (κ2) is 7.45. The predicted octanol–water partition coefficient (Wildman–Crippen LogP) is 3.12. The minimum Gasteiger partial charge on any atom is -0.272 e. The molecule has 2 amide bonds. The van der Waals surface area contributed by atoms with Gasteiger partial charge in [-0.05, 0) is 36.2 Å². The number of nitrogens with zero attached hydrogens (tertiary/aromatic N) is 4. The summed E-state index contributed by atoms with van der Waals surface area (Å²) in [6, 6.07) is 15.3. The van der Waals surface area contributed by atoms with Gasteiger partial charge in [-0.15, -0.1) is 0 Å². The Morgan fingerprint density at radius 3 is 2.48 bits per heavy atom. The van der Waals surface area contributed by atoms with Crippen molar-refractivity contribution < 1.29 is 9.59 Å². The molecule has 1 aliphatic heterocycles. The highest BCUT2D eigenvalue weighted by atomic mass is 16.2. The lowest BCUT2D eigenvalue weighted by Crippen LogP contribution is -2.37. The van der Waals surface area contributed by atoms with E-state index in [9.17, 15) is 9.59 Å². The molecule has 134 valence electrons. The van der Waals surface area contributed by atoms with Crippen molar-refractivity contribution in [2.45, 2.75) is 25.7 Å². The Bertz CT molecular complexity index is 1010. The third-order valence-corrected chi connectivity index (χ3v) is 4.53. The fourth-order valence-electron chi connectivity index (χ4n) is 3.17. The molecule has 0 aliphatic carbocycles. The molecule has 0 spiro atoms. The average molecular weight is 358 g/mol. The molecule has 0 bridgehead atoms. The summed E-state index contributed by atoms with van der Waals surface area (Å²) in [6.07, 6.45) is 5.13. The number of aromatic nitrogens is 2. The number of benzene rings is 1. The van der Waals surface area contributed by atoms with Crippen LogP contribution in [-0.4, -0.2) is 32.5 Å². The molecule has 1 aliphatic rings. The molecule has 3 aromatic rings. The summed E-state index contributed by atoms with van der Waals surface area (Å²) >= 11 is 0. The van der Waals surface area contributed by atoms with E-state index in [1.165, 1.54) is 0 Å². The summed E-state index contributed by atoms with van der Waals surface area (Å²) < 4.78 is 0. The second-order valence-corrected chi connectivity index (χ2v) is 6.38. The van der Waals surface area contributed by atoms with E-state index < -0.39 is 0 Å². The van der Waals surface area contributed by atoms with Gasteiger partial charge < -0.3 is 0 Å². The molecule has 6 heteroatoms. The zero-order chi connectivity index (χ0) is 18.6. The van der Waals surface area contributed by atoms with Gasteiger partial charge in [0.15, 0.2) is 0 Å². The van der Waals surface area contributed by atoms with E-state index in [0.717, 1.165) is 21.5 Å². The first-order valence-electron chi connectivity index (χ1n) is 8.89. The van der Waals surface area contributed by atoms with E-state index >= 15 is 0 Å². The van der Waals surface area contributed by atoms with Gasteiger partial charge in [0.25, 0.3) is 0 Å². The molecule has 3 heterocycles. The van der Waals surface area contributed by atoms with E-state index in [1.807, 2.05) is 48.5 Å². The third kappa shape index (κ3) is 3.60. The molecule has 6 nitrogen and oxygen atoms in total. The first-order valence-corrected chi connectivity index (χ1v) is 8.89. The van der Waals surface area contributed by atoms with Crippen molar-refractivity contribution >= 4 is 28.4 Å². The minimum absolute atomic E-state index is 0.265. The van der Waals surface area contributed by atoms with Crippen LogP contribution in [0, 0.1) is 0 Å². The number of para-hydroxylation sites is 1. The second-order valence-electron chi connectivity index (χ2n) is 6.38. The number of hydrogen-bond donors (Lipinski definition) is 0. The summed E-state index contributed by atoms with van der Waals surface area (Å²) in [5.74, 6) is -0.529. The zero-order valence-corrected chi connectivity index (χ0v) is 14.7. The molecule has 1 aromatic carbocycles. The highest BCUT2D eigenvalue weighted by Gasteiger charge is 2.26. The molecule has 0 unspecified atom stereocenters. The van der Waals surface area contributed by atoms with Crippen molar-refractivity contribution in [2.75, 3.05) is 0 Å². The van der Waals surface area contributed by atoms with E-state index in [2.05, 4.69) is 15.1 Å². The minimum atomic E-state index is -0.265. The first-order chi connectivity index (χ1) is 13.2. The fraction of sp³-hybridized carbons (Fsp3) is 0.190. The normalized spacial score (nSPS) is 15.4. The molecular formula is C21H18N4O2. The molecule has 27 heavy (non-hydrogen) atoms. The molecular weight excluding hydrogens is 340 g/mol. The van der Waals surface area contributed by atoms with Crippen LogP contribution >= 0.6 is 0 Å². The Hall–Kier alpha value is -3.41. The van der Waals surface area contributed by atoms with Gasteiger partial charge in [0.1, 0.15) is 0 Å². The number of carbonyl (C=O) groups is 2. The summed E-state index contributed by atoms with van der Waals surface area (Å²) in [5, 5.41) is 6.46. The van der Waals surface area contributed by atoms with E-state index in [1.54, 1.807) is 12.4 Å². The molecule has 0 atom stereocenters. The number of piperidine rings is 1. The lowest BCUT2D eigenvalue weighted by Gasteiger charge is -2.21. The van der Waals surface area contributed by atoms with Gasteiger partial charge in [-0.3, -0.25) is 19.6 Å². The van der Waals surface area contributed by atoms with Crippen LogP contribution in [0.3, 0.4) is 0 Å². The number of hydrogen-bond acceptors (Lipinski definition) is 5. The van der Waals surface area contributed by atoms with Gasteiger partial charge in [-0.2, -0.15) is 10.1 Å². The molecule has 1 saturated heterocycles. The molecule has 4 rings (SSSR count). The predicted molar refractivity (Wildman–Crippen MR) is 102 cm³/mol. The molecule has 0 N–H and O–H groups in total. The Kier molecular flexibility index (Phi) is 4.70. The van der Waals surface area contributed by atoms with Crippen LogP contribution in [0.4, 0.5) is 0 Å². The van der Waals surface area contributed by atoms with E-state index in [0.29, 0.717) is 37.1 Å². The summed E-state index contributed by atoms with van der Waals surface area (Å²) in [4.78, 5) is 33.2. The van der Waals surface area contributed by atoms with Crippen molar-refractivity contribution in [1.29, 1.82) is 0 Å². The number of hydrazone groups is 1. The third-order valence-electron chi connectivity index (χ3n) is 4.53. The number of rotatable bonds is 4. The molecule has 1 fully saturated rings. The van der Waals surface area contributed by atoms with Crippen LogP contribution in [0.15, 0.2) is 66.0 Å². The maximum absolute atomic E-state index is 12.2. The smallest absolute Gasteiger partial charge is 0.249 e. The number of imide groups is 1. The van der Waals surface area contributed by atoms with Crippen LogP contribution in [0.2, 0.25) is 0 Å². The first kappa shape index (κ1) is 17.0.